The van der Waals surface area contributed by atoms with Crippen LogP contribution >= 0.6 is 45.2 Å². The Morgan fingerprint density at radius 2 is 2.09 bits per heavy atom. The van der Waals surface area contributed by atoms with Gasteiger partial charge in [-0.05, 0) is 29.6 Å². The Hall–Kier alpha value is 1.38. The van der Waals surface area contributed by atoms with Crippen LogP contribution in [-0.4, -0.2) is 22.2 Å². The molecule has 0 amide bonds. The third-order valence-electron chi connectivity index (χ3n) is 1.72. The van der Waals surface area contributed by atoms with E-state index in [9.17, 15) is 0 Å². The van der Waals surface area contributed by atoms with Gasteiger partial charge < -0.3 is 10.6 Å². The lowest BCUT2D eigenvalue weighted by Crippen LogP contribution is -2.86. The number of nitrogens with one attached hydrogen (secondary N) is 1. The lowest BCUT2D eigenvalue weighted by atomic mass is 9.94. The molecule has 0 aromatic rings. The van der Waals surface area contributed by atoms with Crippen LogP contribution in [-0.2, 0) is 0 Å². The van der Waals surface area contributed by atoms with Gasteiger partial charge in [0.2, 0.25) is 0 Å². The zero-order chi connectivity index (χ0) is 8.91. The smallest absolute Gasteiger partial charge is 0.126 e. The molecule has 0 saturated heterocycles. The molecule has 0 aromatic carbocycles. The number of hydrogen-bond donors (Lipinski definition) is 2. The number of rotatable bonds is 5. The Morgan fingerprint density at radius 1 is 1.55 bits per heavy atom. The second kappa shape index (κ2) is 5.93. The third kappa shape index (κ3) is 4.84. The maximum atomic E-state index is 3.28. The minimum atomic E-state index is 0.375. The third-order valence-corrected chi connectivity index (χ3v) is 4.65. The van der Waals surface area contributed by atoms with Crippen LogP contribution in [0.5, 0.6) is 0 Å². The number of nitrogens with two attached hydrogens (primary N) is 1. The fourth-order valence-electron chi connectivity index (χ4n) is 0.921. The summed E-state index contributed by atoms with van der Waals surface area (Å²) in [6.45, 7) is 5.78. The van der Waals surface area contributed by atoms with Crippen LogP contribution in [0, 0.1) is 5.41 Å². The van der Waals surface area contributed by atoms with Gasteiger partial charge in [0.05, 0.1) is 10.6 Å². The lowest BCUT2D eigenvalue weighted by Gasteiger charge is -2.27. The highest BCUT2D eigenvalue weighted by Gasteiger charge is 2.27. The monoisotopic (exact) mass is 383 g/mol. The first kappa shape index (κ1) is 12.4. The highest BCUT2D eigenvalue weighted by Crippen LogP contribution is 2.22. The van der Waals surface area contributed by atoms with Crippen molar-refractivity contribution in [3.05, 3.63) is 0 Å². The molecular formula is C7H17I2N2+. The average Bonchev–Trinajstić information content (AvgIpc) is 1.99. The van der Waals surface area contributed by atoms with Gasteiger partial charge in [0.15, 0.2) is 0 Å². The SMILES string of the molecule is CNC(I)C(C)(C)C[NH2+]CI. The summed E-state index contributed by atoms with van der Waals surface area (Å²) in [5, 5.41) is 5.62. The molecule has 1 atom stereocenters. The summed E-state index contributed by atoms with van der Waals surface area (Å²) in [6.07, 6.45) is 0. The maximum Gasteiger partial charge on any atom is 0.126 e. The molecular weight excluding hydrogens is 366 g/mol. The van der Waals surface area contributed by atoms with E-state index in [4.69, 9.17) is 0 Å². The number of halogens is 2. The van der Waals surface area contributed by atoms with Gasteiger partial charge in [0, 0.05) is 5.41 Å². The molecule has 0 radical (unpaired) electrons. The van der Waals surface area contributed by atoms with Crippen molar-refractivity contribution in [3.8, 4) is 0 Å². The van der Waals surface area contributed by atoms with Gasteiger partial charge in [0.1, 0.15) is 4.55 Å². The second-order valence-corrected chi connectivity index (χ2v) is 5.41. The zero-order valence-electron chi connectivity index (χ0n) is 7.32. The Labute approximate surface area is 96.6 Å². The van der Waals surface area contributed by atoms with Crippen molar-refractivity contribution in [3.63, 3.8) is 0 Å². The van der Waals surface area contributed by atoms with E-state index in [2.05, 4.69) is 69.7 Å². The molecule has 1 unspecified atom stereocenters. The molecule has 2 nitrogen and oxygen atoms in total. The molecule has 0 bridgehead atoms. The van der Waals surface area contributed by atoms with Gasteiger partial charge in [0.25, 0.3) is 0 Å². The fourth-order valence-corrected chi connectivity index (χ4v) is 1.49. The van der Waals surface area contributed by atoms with Crippen molar-refractivity contribution >= 4 is 45.2 Å². The average molecular weight is 383 g/mol. The van der Waals surface area contributed by atoms with E-state index in [1.807, 2.05) is 7.05 Å². The van der Waals surface area contributed by atoms with Crippen molar-refractivity contribution in [2.75, 3.05) is 18.1 Å². The van der Waals surface area contributed by atoms with E-state index in [0.29, 0.717) is 9.46 Å². The van der Waals surface area contributed by atoms with Crippen molar-refractivity contribution in [1.82, 2.24) is 5.32 Å². The molecule has 11 heavy (non-hydrogen) atoms. The molecule has 0 spiro atoms. The van der Waals surface area contributed by atoms with Gasteiger partial charge in [-0.1, -0.05) is 36.4 Å². The number of hydrogen-bond acceptors (Lipinski definition) is 1. The summed E-state index contributed by atoms with van der Waals surface area (Å²) in [5.41, 5.74) is 0.375. The summed E-state index contributed by atoms with van der Waals surface area (Å²) >= 11 is 4.84. The summed E-state index contributed by atoms with van der Waals surface area (Å²) in [7, 11) is 2.02. The van der Waals surface area contributed by atoms with Gasteiger partial charge in [-0.15, -0.1) is 0 Å². The Bertz CT molecular complexity index is 107. The molecule has 0 aliphatic heterocycles. The lowest BCUT2D eigenvalue weighted by molar-refractivity contribution is -0.643. The predicted octanol–water partition coefficient (Wildman–Crippen LogP) is 0.949. The molecule has 0 rings (SSSR count). The molecule has 0 saturated carbocycles. The first-order chi connectivity index (χ1) is 5.04. The van der Waals surface area contributed by atoms with Crippen molar-refractivity contribution in [2.45, 2.75) is 17.9 Å². The molecule has 3 N–H and O–H groups in total. The topological polar surface area (TPSA) is 28.6 Å². The van der Waals surface area contributed by atoms with Crippen molar-refractivity contribution < 1.29 is 5.32 Å². The van der Waals surface area contributed by atoms with E-state index in [0.717, 1.165) is 4.55 Å². The summed E-state index contributed by atoms with van der Waals surface area (Å²) in [4.78, 5) is 0. The molecule has 0 aliphatic carbocycles. The summed E-state index contributed by atoms with van der Waals surface area (Å²) < 4.78 is 1.70. The van der Waals surface area contributed by atoms with Crippen LogP contribution in [0.15, 0.2) is 0 Å². The van der Waals surface area contributed by atoms with Crippen LogP contribution in [0.2, 0.25) is 0 Å². The Balaban J connectivity index is 3.77. The van der Waals surface area contributed by atoms with Crippen LogP contribution in [0.25, 0.3) is 0 Å². The van der Waals surface area contributed by atoms with Crippen LogP contribution in [0.3, 0.4) is 0 Å². The zero-order valence-corrected chi connectivity index (χ0v) is 11.6. The molecule has 0 heterocycles. The molecule has 0 aliphatic rings. The van der Waals surface area contributed by atoms with E-state index < -0.39 is 0 Å². The number of alkyl halides is 2. The Kier molecular flexibility index (Phi) is 6.67. The maximum absolute atomic E-state index is 3.28. The van der Waals surface area contributed by atoms with Gasteiger partial charge in [-0.2, -0.15) is 0 Å². The quantitative estimate of drug-likeness (QED) is 0.413. The summed E-state index contributed by atoms with van der Waals surface area (Å²) in [5.74, 6) is 0. The normalized spacial score (nSPS) is 15.0. The molecule has 0 aromatic heterocycles. The van der Waals surface area contributed by atoms with Gasteiger partial charge in [-0.25, -0.2) is 0 Å². The Morgan fingerprint density at radius 3 is 2.45 bits per heavy atom. The van der Waals surface area contributed by atoms with E-state index in [1.165, 1.54) is 6.54 Å². The first-order valence-electron chi connectivity index (χ1n) is 3.73. The van der Waals surface area contributed by atoms with Gasteiger partial charge in [-0.3, -0.25) is 0 Å². The first-order valence-corrected chi connectivity index (χ1v) is 6.50. The molecule has 4 heteroatoms. The van der Waals surface area contributed by atoms with E-state index >= 15 is 0 Å². The van der Waals surface area contributed by atoms with Crippen LogP contribution in [0.1, 0.15) is 13.8 Å². The van der Waals surface area contributed by atoms with Gasteiger partial charge >= 0.3 is 0 Å². The van der Waals surface area contributed by atoms with Crippen molar-refractivity contribution in [2.24, 2.45) is 5.41 Å². The molecule has 0 fully saturated rings. The molecule has 68 valence electrons. The highest BCUT2D eigenvalue weighted by atomic mass is 127. The summed E-state index contributed by atoms with van der Waals surface area (Å²) in [6, 6.07) is 0. The van der Waals surface area contributed by atoms with E-state index in [-0.39, 0.29) is 0 Å². The largest absolute Gasteiger partial charge is 0.338 e. The number of quaternary nitrogens is 1. The highest BCUT2D eigenvalue weighted by molar-refractivity contribution is 14.1. The predicted molar refractivity (Wildman–Crippen MR) is 66.3 cm³/mol. The second-order valence-electron chi connectivity index (χ2n) is 3.29. The van der Waals surface area contributed by atoms with Crippen LogP contribution < -0.4 is 10.6 Å². The van der Waals surface area contributed by atoms with Crippen LogP contribution in [0.4, 0.5) is 0 Å². The fraction of sp³-hybridized carbons (Fsp3) is 1.00. The standard InChI is InChI=1S/C7H16I2N2/c1-7(2,4-11-5-8)6(9)10-3/h6,10-11H,4-5H2,1-3H3/p+1. The minimum Gasteiger partial charge on any atom is -0.338 e. The van der Waals surface area contributed by atoms with E-state index in [1.54, 1.807) is 0 Å². The minimum absolute atomic E-state index is 0.375. The van der Waals surface area contributed by atoms with Crippen molar-refractivity contribution in [1.29, 1.82) is 0 Å².